The Morgan fingerprint density at radius 2 is 1.96 bits per heavy atom. The third kappa shape index (κ3) is 4.91. The van der Waals surface area contributed by atoms with Crippen molar-refractivity contribution in [3.63, 3.8) is 0 Å². The van der Waals surface area contributed by atoms with E-state index >= 15 is 0 Å². The van der Waals surface area contributed by atoms with Crippen LogP contribution in [-0.4, -0.2) is 27.5 Å². The fraction of sp³-hybridized carbons (Fsp3) is 0.471. The quantitative estimate of drug-likeness (QED) is 0.640. The minimum absolute atomic E-state index is 0.148. The standard InChI is InChI=1S/C17H23NO4S/c1-13-8-10-15(11-9-13)23(20,21)18-16(17(19)22-2)12-14-6-4-3-5-7-14/h6,8-11,16,18H,3-5,7,12H2,1-2H3/t16-/m1/s1. The van der Waals surface area contributed by atoms with Gasteiger partial charge in [0.2, 0.25) is 10.0 Å². The molecule has 6 heteroatoms. The minimum Gasteiger partial charge on any atom is -0.468 e. The molecule has 0 fully saturated rings. The van der Waals surface area contributed by atoms with E-state index in [1.54, 1.807) is 12.1 Å². The molecular weight excluding hydrogens is 314 g/mol. The van der Waals surface area contributed by atoms with Crippen LogP contribution >= 0.6 is 0 Å². The number of hydrogen-bond acceptors (Lipinski definition) is 4. The summed E-state index contributed by atoms with van der Waals surface area (Å²) in [5.74, 6) is -0.563. The Labute approximate surface area is 137 Å². The highest BCUT2D eigenvalue weighted by Gasteiger charge is 2.27. The molecule has 0 amide bonds. The molecule has 0 aliphatic heterocycles. The van der Waals surface area contributed by atoms with E-state index in [0.717, 1.165) is 36.8 Å². The zero-order valence-electron chi connectivity index (χ0n) is 13.5. The monoisotopic (exact) mass is 337 g/mol. The summed E-state index contributed by atoms with van der Waals surface area (Å²) in [5, 5.41) is 0. The summed E-state index contributed by atoms with van der Waals surface area (Å²) in [7, 11) is -2.49. The maximum atomic E-state index is 12.5. The lowest BCUT2D eigenvalue weighted by atomic mass is 9.94. The van der Waals surface area contributed by atoms with Crippen LogP contribution in [0.3, 0.4) is 0 Å². The summed E-state index contributed by atoms with van der Waals surface area (Å²) >= 11 is 0. The second-order valence-corrected chi connectivity index (χ2v) is 7.54. The number of allylic oxidation sites excluding steroid dienone is 1. The molecule has 126 valence electrons. The second kappa shape index (κ2) is 7.75. The van der Waals surface area contributed by atoms with E-state index in [9.17, 15) is 13.2 Å². The number of ether oxygens (including phenoxy) is 1. The van der Waals surface area contributed by atoms with Gasteiger partial charge in [-0.2, -0.15) is 4.72 Å². The zero-order chi connectivity index (χ0) is 16.9. The summed E-state index contributed by atoms with van der Waals surface area (Å²) in [6.07, 6.45) is 6.55. The number of benzene rings is 1. The average molecular weight is 337 g/mol. The number of carbonyl (C=O) groups is 1. The SMILES string of the molecule is COC(=O)[C@@H](CC1=CCCCC1)NS(=O)(=O)c1ccc(C)cc1. The van der Waals surface area contributed by atoms with Gasteiger partial charge in [-0.3, -0.25) is 4.79 Å². The van der Waals surface area contributed by atoms with Crippen molar-refractivity contribution in [2.45, 2.75) is 50.0 Å². The Morgan fingerprint density at radius 3 is 2.52 bits per heavy atom. The van der Waals surface area contributed by atoms with E-state index in [1.807, 2.05) is 6.92 Å². The van der Waals surface area contributed by atoms with Crippen LogP contribution in [0, 0.1) is 6.92 Å². The van der Waals surface area contributed by atoms with E-state index in [4.69, 9.17) is 4.74 Å². The Hall–Kier alpha value is -1.66. The first kappa shape index (κ1) is 17.7. The number of aryl methyl sites for hydroxylation is 1. The fourth-order valence-electron chi connectivity index (χ4n) is 2.64. The predicted molar refractivity (Wildman–Crippen MR) is 88.5 cm³/mol. The first-order valence-corrected chi connectivity index (χ1v) is 9.25. The zero-order valence-corrected chi connectivity index (χ0v) is 14.4. The number of esters is 1. The molecular formula is C17H23NO4S. The predicted octanol–water partition coefficient (Wildman–Crippen LogP) is 2.71. The lowest BCUT2D eigenvalue weighted by molar-refractivity contribution is -0.142. The molecule has 1 aliphatic rings. The van der Waals surface area contributed by atoms with Crippen molar-refractivity contribution in [1.82, 2.24) is 4.72 Å². The molecule has 0 heterocycles. The maximum absolute atomic E-state index is 12.5. The molecule has 1 aromatic carbocycles. The smallest absolute Gasteiger partial charge is 0.324 e. The summed E-state index contributed by atoms with van der Waals surface area (Å²) in [5.41, 5.74) is 2.08. The normalized spacial score (nSPS) is 16.5. The topological polar surface area (TPSA) is 72.5 Å². The molecule has 0 bridgehead atoms. The third-order valence-corrected chi connectivity index (χ3v) is 5.45. The summed E-state index contributed by atoms with van der Waals surface area (Å²) in [6.45, 7) is 1.89. The molecule has 0 unspecified atom stereocenters. The first-order chi connectivity index (χ1) is 10.9. The Bertz CT molecular complexity index is 677. The molecule has 2 rings (SSSR count). The molecule has 5 nitrogen and oxygen atoms in total. The number of rotatable bonds is 6. The molecule has 1 atom stereocenters. The van der Waals surface area contributed by atoms with Crippen molar-refractivity contribution < 1.29 is 17.9 Å². The van der Waals surface area contributed by atoms with E-state index in [-0.39, 0.29) is 4.90 Å². The van der Waals surface area contributed by atoms with E-state index in [0.29, 0.717) is 6.42 Å². The first-order valence-electron chi connectivity index (χ1n) is 7.77. The van der Waals surface area contributed by atoms with Gasteiger partial charge in [-0.1, -0.05) is 29.3 Å². The Balaban J connectivity index is 2.17. The van der Waals surface area contributed by atoms with Gasteiger partial charge in [0.25, 0.3) is 0 Å². The summed E-state index contributed by atoms with van der Waals surface area (Å²) in [4.78, 5) is 12.1. The van der Waals surface area contributed by atoms with E-state index in [2.05, 4.69) is 10.8 Å². The molecule has 0 spiro atoms. The minimum atomic E-state index is -3.76. The molecule has 0 saturated heterocycles. The van der Waals surface area contributed by atoms with Gasteiger partial charge < -0.3 is 4.74 Å². The maximum Gasteiger partial charge on any atom is 0.324 e. The van der Waals surface area contributed by atoms with Crippen LogP contribution in [0.25, 0.3) is 0 Å². The molecule has 0 aromatic heterocycles. The molecule has 1 aromatic rings. The lowest BCUT2D eigenvalue weighted by Gasteiger charge is -2.20. The van der Waals surface area contributed by atoms with Gasteiger partial charge >= 0.3 is 5.97 Å². The van der Waals surface area contributed by atoms with Gasteiger partial charge in [0, 0.05) is 0 Å². The van der Waals surface area contributed by atoms with Crippen molar-refractivity contribution in [1.29, 1.82) is 0 Å². The Morgan fingerprint density at radius 1 is 1.26 bits per heavy atom. The highest BCUT2D eigenvalue weighted by Crippen LogP contribution is 2.22. The molecule has 1 aliphatic carbocycles. The van der Waals surface area contributed by atoms with Crippen LogP contribution in [0.4, 0.5) is 0 Å². The molecule has 23 heavy (non-hydrogen) atoms. The van der Waals surface area contributed by atoms with Gasteiger partial charge in [-0.05, 0) is 51.2 Å². The Kier molecular flexibility index (Phi) is 5.96. The van der Waals surface area contributed by atoms with Gasteiger partial charge in [0.1, 0.15) is 6.04 Å². The summed E-state index contributed by atoms with van der Waals surface area (Å²) in [6, 6.07) is 5.63. The van der Waals surface area contributed by atoms with E-state index in [1.165, 1.54) is 19.2 Å². The van der Waals surface area contributed by atoms with Crippen molar-refractivity contribution in [3.05, 3.63) is 41.5 Å². The van der Waals surface area contributed by atoms with Crippen molar-refractivity contribution in [2.75, 3.05) is 7.11 Å². The van der Waals surface area contributed by atoms with Crippen molar-refractivity contribution >= 4 is 16.0 Å². The molecule has 1 N–H and O–H groups in total. The van der Waals surface area contributed by atoms with E-state index < -0.39 is 22.0 Å². The van der Waals surface area contributed by atoms with Crippen LogP contribution in [0.15, 0.2) is 40.8 Å². The third-order valence-electron chi connectivity index (χ3n) is 3.97. The van der Waals surface area contributed by atoms with Gasteiger partial charge in [0.15, 0.2) is 0 Å². The van der Waals surface area contributed by atoms with Crippen LogP contribution in [0.2, 0.25) is 0 Å². The number of carbonyl (C=O) groups excluding carboxylic acids is 1. The van der Waals surface area contributed by atoms with Crippen LogP contribution < -0.4 is 4.72 Å². The van der Waals surface area contributed by atoms with Crippen molar-refractivity contribution in [2.24, 2.45) is 0 Å². The fourth-order valence-corrected chi connectivity index (χ4v) is 3.82. The summed E-state index contributed by atoms with van der Waals surface area (Å²) < 4.78 is 32.2. The van der Waals surface area contributed by atoms with Crippen LogP contribution in [-0.2, 0) is 19.6 Å². The number of nitrogens with one attached hydrogen (secondary N) is 1. The lowest BCUT2D eigenvalue weighted by Crippen LogP contribution is -2.41. The second-order valence-electron chi connectivity index (χ2n) is 5.82. The largest absolute Gasteiger partial charge is 0.468 e. The highest BCUT2D eigenvalue weighted by atomic mass is 32.2. The molecule has 0 saturated carbocycles. The van der Waals surface area contributed by atoms with Gasteiger partial charge in [0.05, 0.1) is 12.0 Å². The number of methoxy groups -OCH3 is 1. The van der Waals surface area contributed by atoms with Crippen LogP contribution in [0.5, 0.6) is 0 Å². The molecule has 0 radical (unpaired) electrons. The number of sulfonamides is 1. The average Bonchev–Trinajstić information content (AvgIpc) is 2.54. The number of hydrogen-bond donors (Lipinski definition) is 1. The van der Waals surface area contributed by atoms with Gasteiger partial charge in [-0.25, -0.2) is 8.42 Å². The van der Waals surface area contributed by atoms with Crippen molar-refractivity contribution in [3.8, 4) is 0 Å². The van der Waals surface area contributed by atoms with Crippen LogP contribution in [0.1, 0.15) is 37.7 Å². The highest BCUT2D eigenvalue weighted by molar-refractivity contribution is 7.89. The van der Waals surface area contributed by atoms with Gasteiger partial charge in [-0.15, -0.1) is 0 Å².